The van der Waals surface area contributed by atoms with Gasteiger partial charge in [-0.15, -0.1) is 0 Å². The Bertz CT molecular complexity index is 423. The Labute approximate surface area is 113 Å². The summed E-state index contributed by atoms with van der Waals surface area (Å²) in [4.78, 5) is 11.2. The molecule has 2 N–H and O–H groups in total. The fraction of sp³-hybridized carbons (Fsp3) is 0.429. The van der Waals surface area contributed by atoms with E-state index in [1.807, 2.05) is 37.3 Å². The van der Waals surface area contributed by atoms with Crippen molar-refractivity contribution in [3.8, 4) is 11.8 Å². The van der Waals surface area contributed by atoms with Gasteiger partial charge in [-0.05, 0) is 25.5 Å². The highest BCUT2D eigenvalue weighted by Crippen LogP contribution is 2.11. The van der Waals surface area contributed by atoms with Crippen LogP contribution in [0, 0.1) is 18.3 Å². The topological polar surface area (TPSA) is 74.2 Å². The van der Waals surface area contributed by atoms with Crippen LogP contribution in [0.3, 0.4) is 0 Å². The van der Waals surface area contributed by atoms with Crippen LogP contribution in [0.1, 0.15) is 18.4 Å². The van der Waals surface area contributed by atoms with Crippen LogP contribution in [0.5, 0.6) is 5.75 Å². The summed E-state index contributed by atoms with van der Waals surface area (Å²) >= 11 is 0. The minimum absolute atomic E-state index is 0.245. The highest BCUT2D eigenvalue weighted by molar-refractivity contribution is 5.73. The quantitative estimate of drug-likeness (QED) is 0.737. The van der Waals surface area contributed by atoms with E-state index in [1.54, 1.807) is 0 Å². The molecule has 0 spiro atoms. The smallest absolute Gasteiger partial charge is 0.314 e. The predicted octanol–water partition coefficient (Wildman–Crippen LogP) is 1.98. The summed E-state index contributed by atoms with van der Waals surface area (Å²) in [5, 5.41) is 13.6. The molecule has 0 saturated heterocycles. The maximum atomic E-state index is 11.2. The van der Waals surface area contributed by atoms with Crippen molar-refractivity contribution in [2.75, 3.05) is 19.7 Å². The highest BCUT2D eigenvalue weighted by Gasteiger charge is 1.98. The normalized spacial score (nSPS) is 9.47. The molecule has 0 aliphatic heterocycles. The van der Waals surface area contributed by atoms with Crippen LogP contribution in [0.25, 0.3) is 0 Å². The number of hydrogen-bond acceptors (Lipinski definition) is 3. The Hall–Kier alpha value is -2.22. The van der Waals surface area contributed by atoms with Gasteiger partial charge in [0.05, 0.1) is 19.1 Å². The molecule has 1 aromatic rings. The number of hydrogen-bond donors (Lipinski definition) is 2. The Morgan fingerprint density at radius 3 is 2.63 bits per heavy atom. The maximum Gasteiger partial charge on any atom is 0.314 e. The molecule has 0 fully saturated rings. The second-order valence-electron chi connectivity index (χ2n) is 4.11. The van der Waals surface area contributed by atoms with Gasteiger partial charge in [0.15, 0.2) is 0 Å². The van der Waals surface area contributed by atoms with Crippen molar-refractivity contribution in [1.29, 1.82) is 5.26 Å². The molecule has 0 aliphatic carbocycles. The van der Waals surface area contributed by atoms with Crippen LogP contribution in [-0.4, -0.2) is 25.7 Å². The molecular weight excluding hydrogens is 242 g/mol. The molecule has 0 radical (unpaired) electrons. The first kappa shape index (κ1) is 14.8. The van der Waals surface area contributed by atoms with E-state index in [1.165, 1.54) is 5.56 Å². The van der Waals surface area contributed by atoms with E-state index in [0.29, 0.717) is 26.1 Å². The van der Waals surface area contributed by atoms with E-state index in [9.17, 15) is 4.79 Å². The fourth-order valence-corrected chi connectivity index (χ4v) is 1.39. The zero-order valence-electron chi connectivity index (χ0n) is 11.1. The molecule has 1 aromatic carbocycles. The summed E-state index contributed by atoms with van der Waals surface area (Å²) in [6.45, 7) is 3.51. The van der Waals surface area contributed by atoms with Crippen LogP contribution in [0.15, 0.2) is 24.3 Å². The zero-order valence-corrected chi connectivity index (χ0v) is 11.1. The van der Waals surface area contributed by atoms with Gasteiger partial charge in [-0.3, -0.25) is 0 Å². The fourth-order valence-electron chi connectivity index (χ4n) is 1.39. The number of carbonyl (C=O) groups excluding carboxylic acids is 1. The molecule has 0 bridgehead atoms. The van der Waals surface area contributed by atoms with Gasteiger partial charge in [-0.25, -0.2) is 4.79 Å². The van der Waals surface area contributed by atoms with Crippen LogP contribution in [-0.2, 0) is 0 Å². The first-order valence-corrected chi connectivity index (χ1v) is 6.30. The maximum absolute atomic E-state index is 11.2. The first-order valence-electron chi connectivity index (χ1n) is 6.30. The molecule has 0 aromatic heterocycles. The standard InChI is InChI=1S/C14H19N3O2/c1-12-4-6-13(7-5-12)19-11-3-10-17-14(18)16-9-2-8-15/h4-7H,2-3,9-11H2,1H3,(H2,16,17,18). The lowest BCUT2D eigenvalue weighted by Gasteiger charge is -2.08. The van der Waals surface area contributed by atoms with Gasteiger partial charge >= 0.3 is 6.03 Å². The summed E-state index contributed by atoms with van der Waals surface area (Å²) < 4.78 is 5.53. The summed E-state index contributed by atoms with van der Waals surface area (Å²) in [6.07, 6.45) is 1.06. The molecule has 19 heavy (non-hydrogen) atoms. The number of nitriles is 1. The molecule has 1 rings (SSSR count). The van der Waals surface area contributed by atoms with Crippen LogP contribution >= 0.6 is 0 Å². The number of ether oxygens (including phenoxy) is 1. The van der Waals surface area contributed by atoms with Gasteiger partial charge in [-0.2, -0.15) is 5.26 Å². The Morgan fingerprint density at radius 2 is 1.95 bits per heavy atom. The van der Waals surface area contributed by atoms with Gasteiger partial charge in [0.25, 0.3) is 0 Å². The summed E-state index contributed by atoms with van der Waals surface area (Å²) in [7, 11) is 0. The van der Waals surface area contributed by atoms with E-state index >= 15 is 0 Å². The number of urea groups is 1. The Morgan fingerprint density at radius 1 is 1.26 bits per heavy atom. The largest absolute Gasteiger partial charge is 0.494 e. The monoisotopic (exact) mass is 261 g/mol. The van der Waals surface area contributed by atoms with Gasteiger partial charge in [0.2, 0.25) is 0 Å². The van der Waals surface area contributed by atoms with Crippen molar-refractivity contribution in [3.05, 3.63) is 29.8 Å². The summed E-state index contributed by atoms with van der Waals surface area (Å²) in [6, 6.07) is 9.56. The molecule has 5 heteroatoms. The Kier molecular flexibility index (Phi) is 6.88. The molecule has 0 heterocycles. The molecule has 5 nitrogen and oxygen atoms in total. The number of rotatable bonds is 7. The second kappa shape index (κ2) is 8.81. The lowest BCUT2D eigenvalue weighted by molar-refractivity contribution is 0.239. The van der Waals surface area contributed by atoms with Gasteiger partial charge in [0.1, 0.15) is 5.75 Å². The molecule has 0 aliphatic rings. The third-order valence-corrected chi connectivity index (χ3v) is 2.42. The number of nitrogens with one attached hydrogen (secondary N) is 2. The van der Waals surface area contributed by atoms with E-state index in [2.05, 4.69) is 10.6 Å². The number of aryl methyl sites for hydroxylation is 1. The van der Waals surface area contributed by atoms with Crippen LogP contribution in [0.4, 0.5) is 4.79 Å². The third-order valence-electron chi connectivity index (χ3n) is 2.42. The van der Waals surface area contributed by atoms with E-state index in [0.717, 1.165) is 12.2 Å². The number of amides is 2. The van der Waals surface area contributed by atoms with E-state index < -0.39 is 0 Å². The number of nitrogens with zero attached hydrogens (tertiary/aromatic N) is 1. The van der Waals surface area contributed by atoms with Crippen molar-refractivity contribution >= 4 is 6.03 Å². The molecule has 2 amide bonds. The lowest BCUT2D eigenvalue weighted by Crippen LogP contribution is -2.36. The first-order chi connectivity index (χ1) is 9.22. The van der Waals surface area contributed by atoms with Crippen LogP contribution < -0.4 is 15.4 Å². The molecule has 102 valence electrons. The van der Waals surface area contributed by atoms with Crippen LogP contribution in [0.2, 0.25) is 0 Å². The van der Waals surface area contributed by atoms with E-state index in [-0.39, 0.29) is 6.03 Å². The van der Waals surface area contributed by atoms with Crippen molar-refractivity contribution in [2.45, 2.75) is 19.8 Å². The van der Waals surface area contributed by atoms with Gasteiger partial charge < -0.3 is 15.4 Å². The average Bonchev–Trinajstić information content (AvgIpc) is 2.41. The minimum Gasteiger partial charge on any atom is -0.494 e. The third kappa shape index (κ3) is 6.94. The minimum atomic E-state index is -0.245. The van der Waals surface area contributed by atoms with Gasteiger partial charge in [-0.1, -0.05) is 17.7 Å². The van der Waals surface area contributed by atoms with Crippen molar-refractivity contribution in [3.63, 3.8) is 0 Å². The molecular formula is C14H19N3O2. The zero-order chi connectivity index (χ0) is 13.9. The molecule has 0 saturated carbocycles. The summed E-state index contributed by atoms with van der Waals surface area (Å²) in [5.74, 6) is 0.837. The second-order valence-corrected chi connectivity index (χ2v) is 4.11. The van der Waals surface area contributed by atoms with Crippen molar-refractivity contribution < 1.29 is 9.53 Å². The SMILES string of the molecule is Cc1ccc(OCCCNC(=O)NCCC#N)cc1. The highest BCUT2D eigenvalue weighted by atomic mass is 16.5. The molecule has 0 atom stereocenters. The van der Waals surface area contributed by atoms with Gasteiger partial charge in [0, 0.05) is 13.1 Å². The summed E-state index contributed by atoms with van der Waals surface area (Å²) in [5.41, 5.74) is 1.20. The lowest BCUT2D eigenvalue weighted by atomic mass is 10.2. The Balaban J connectivity index is 2.03. The molecule has 0 unspecified atom stereocenters. The number of benzene rings is 1. The predicted molar refractivity (Wildman–Crippen MR) is 72.9 cm³/mol. The average molecular weight is 261 g/mol. The van der Waals surface area contributed by atoms with Crippen molar-refractivity contribution in [2.24, 2.45) is 0 Å². The van der Waals surface area contributed by atoms with Crippen molar-refractivity contribution in [1.82, 2.24) is 10.6 Å². The number of carbonyl (C=O) groups is 1. The van der Waals surface area contributed by atoms with E-state index in [4.69, 9.17) is 10.00 Å².